The second-order valence-electron chi connectivity index (χ2n) is 13.1. The number of carbonyl (C=O) groups excluding carboxylic acids is 2. The van der Waals surface area contributed by atoms with Gasteiger partial charge in [0.05, 0.1) is 6.61 Å². The highest BCUT2D eigenvalue weighted by Crippen LogP contribution is 2.42. The van der Waals surface area contributed by atoms with Crippen molar-refractivity contribution in [3.8, 4) is 0 Å². The average Bonchev–Trinajstić information content (AvgIpc) is 3.04. The van der Waals surface area contributed by atoms with E-state index in [-0.39, 0.29) is 19.0 Å². The molecule has 0 aromatic heterocycles. The molecule has 274 valence electrons. The Hall–Kier alpha value is -0.950. The van der Waals surface area contributed by atoms with E-state index in [0.717, 1.165) is 45.6 Å². The molecule has 9 heteroatoms. The number of hydrogen-bond acceptors (Lipinski definition) is 7. The first kappa shape index (κ1) is 45.0. The quantitative estimate of drug-likeness (QED) is 0.0397. The summed E-state index contributed by atoms with van der Waals surface area (Å²) < 4.78 is 31.9. The van der Waals surface area contributed by atoms with Gasteiger partial charge < -0.3 is 14.4 Å². The summed E-state index contributed by atoms with van der Waals surface area (Å²) in [6.07, 6.45) is 32.9. The fourth-order valence-corrected chi connectivity index (χ4v) is 6.06. The van der Waals surface area contributed by atoms with Gasteiger partial charge in [-0.05, 0) is 12.8 Å². The largest absolute Gasteiger partial charge is 0.472 e. The van der Waals surface area contributed by atoms with Crippen LogP contribution in [0.25, 0.3) is 0 Å². The predicted octanol–water partition coefficient (Wildman–Crippen LogP) is 11.6. The van der Waals surface area contributed by atoms with Crippen molar-refractivity contribution in [3.05, 3.63) is 0 Å². The Morgan fingerprint density at radius 2 is 0.848 bits per heavy atom. The van der Waals surface area contributed by atoms with Crippen LogP contribution >= 0.6 is 7.82 Å². The number of carbonyl (C=O) groups is 2. The van der Waals surface area contributed by atoms with Gasteiger partial charge in [0.15, 0.2) is 6.10 Å². The van der Waals surface area contributed by atoms with Crippen molar-refractivity contribution in [1.29, 1.82) is 0 Å². The maximum atomic E-state index is 12.4. The van der Waals surface area contributed by atoms with Crippen molar-refractivity contribution < 1.29 is 37.6 Å². The molecule has 0 rings (SSSR count). The predicted molar refractivity (Wildman–Crippen MR) is 189 cm³/mol. The Balaban J connectivity index is 4.01. The van der Waals surface area contributed by atoms with Crippen molar-refractivity contribution >= 4 is 19.8 Å². The topological polar surface area (TPSA) is 108 Å². The van der Waals surface area contributed by atoms with E-state index in [4.69, 9.17) is 14.0 Å². The monoisotopic (exact) mass is 677 g/mol. The van der Waals surface area contributed by atoms with Crippen LogP contribution < -0.4 is 0 Å². The van der Waals surface area contributed by atoms with Crippen molar-refractivity contribution in [2.24, 2.45) is 0 Å². The minimum atomic E-state index is -4.25. The maximum Gasteiger partial charge on any atom is 0.472 e. The minimum absolute atomic E-state index is 0.217. The molecule has 0 radical (unpaired) electrons. The molecular weight excluding hydrogens is 603 g/mol. The Labute approximate surface area is 283 Å². The Morgan fingerprint density at radius 3 is 1.20 bits per heavy atom. The lowest BCUT2D eigenvalue weighted by molar-refractivity contribution is -0.161. The lowest BCUT2D eigenvalue weighted by atomic mass is 10.0. The van der Waals surface area contributed by atoms with Gasteiger partial charge in [0.25, 0.3) is 0 Å². The number of unbranched alkanes of at least 4 members (excludes halogenated alkanes) is 25. The summed E-state index contributed by atoms with van der Waals surface area (Å²) in [7, 11) is -3.18. The molecule has 46 heavy (non-hydrogen) atoms. The zero-order valence-electron chi connectivity index (χ0n) is 30.2. The normalized spacial score (nSPS) is 13.4. The molecular formula is C37H73O8P. The standard InChI is InChI=1S/C37H73O8P/c1-4-6-8-10-12-14-16-18-19-20-22-24-26-28-30-32-37(39)45-35(34-44-46(40,41)42-3)33-43-36(38)31-29-27-25-23-21-17-15-13-11-9-7-5-2/h35H,4-34H2,1-3H3,(H,40,41). The van der Waals surface area contributed by atoms with E-state index in [0.29, 0.717) is 6.42 Å². The third-order valence-corrected chi connectivity index (χ3v) is 9.54. The summed E-state index contributed by atoms with van der Waals surface area (Å²) in [5, 5.41) is 0. The first-order valence-electron chi connectivity index (χ1n) is 19.2. The zero-order chi connectivity index (χ0) is 34.0. The highest BCUT2D eigenvalue weighted by atomic mass is 31.2. The van der Waals surface area contributed by atoms with Crippen LogP contribution in [0.2, 0.25) is 0 Å². The lowest BCUT2D eigenvalue weighted by Gasteiger charge is -2.19. The molecule has 0 aliphatic carbocycles. The van der Waals surface area contributed by atoms with Crippen LogP contribution in [-0.4, -0.2) is 43.3 Å². The third-order valence-electron chi connectivity index (χ3n) is 8.60. The molecule has 0 saturated carbocycles. The minimum Gasteiger partial charge on any atom is -0.462 e. The Bertz CT molecular complexity index is 732. The van der Waals surface area contributed by atoms with Crippen LogP contribution in [-0.2, 0) is 32.7 Å². The highest BCUT2D eigenvalue weighted by Gasteiger charge is 2.24. The summed E-state index contributed by atoms with van der Waals surface area (Å²) in [6, 6.07) is 0. The van der Waals surface area contributed by atoms with Gasteiger partial charge in [-0.2, -0.15) is 0 Å². The molecule has 0 aliphatic heterocycles. The van der Waals surface area contributed by atoms with Gasteiger partial charge >= 0.3 is 19.8 Å². The Kier molecular flexibility index (Phi) is 33.2. The Morgan fingerprint density at radius 1 is 0.522 bits per heavy atom. The average molecular weight is 677 g/mol. The molecule has 1 N–H and O–H groups in total. The molecule has 0 amide bonds. The number of phosphoric acid groups is 1. The van der Waals surface area contributed by atoms with E-state index in [1.807, 2.05) is 0 Å². The van der Waals surface area contributed by atoms with Crippen LogP contribution in [0.15, 0.2) is 0 Å². The number of phosphoric ester groups is 1. The molecule has 8 nitrogen and oxygen atoms in total. The van der Waals surface area contributed by atoms with Gasteiger partial charge in [-0.1, -0.05) is 174 Å². The number of rotatable bonds is 36. The molecule has 0 aliphatic rings. The van der Waals surface area contributed by atoms with E-state index in [1.165, 1.54) is 135 Å². The molecule has 0 fully saturated rings. The molecule has 0 bridgehead atoms. The molecule has 0 saturated heterocycles. The summed E-state index contributed by atoms with van der Waals surface area (Å²) >= 11 is 0. The van der Waals surface area contributed by atoms with E-state index >= 15 is 0 Å². The van der Waals surface area contributed by atoms with Crippen molar-refractivity contribution in [2.75, 3.05) is 20.3 Å². The van der Waals surface area contributed by atoms with Crippen molar-refractivity contribution in [3.63, 3.8) is 0 Å². The van der Waals surface area contributed by atoms with E-state index in [9.17, 15) is 19.0 Å². The van der Waals surface area contributed by atoms with Crippen LogP contribution in [0.3, 0.4) is 0 Å². The molecule has 0 aromatic carbocycles. The lowest BCUT2D eigenvalue weighted by Crippen LogP contribution is -2.29. The first-order chi connectivity index (χ1) is 22.3. The van der Waals surface area contributed by atoms with E-state index < -0.39 is 26.5 Å². The SMILES string of the molecule is CCCCCCCCCCCCCCCCCC(=O)OC(COC(=O)CCCCCCCCCCCCCC)COP(=O)(O)OC. The maximum absolute atomic E-state index is 12.4. The molecule has 0 aromatic rings. The summed E-state index contributed by atoms with van der Waals surface area (Å²) in [4.78, 5) is 34.3. The number of ether oxygens (including phenoxy) is 2. The van der Waals surface area contributed by atoms with Crippen LogP contribution in [0.5, 0.6) is 0 Å². The van der Waals surface area contributed by atoms with Crippen molar-refractivity contribution in [1.82, 2.24) is 0 Å². The molecule has 0 spiro atoms. The zero-order valence-corrected chi connectivity index (χ0v) is 31.1. The second-order valence-corrected chi connectivity index (χ2v) is 14.6. The fourth-order valence-electron chi connectivity index (χ4n) is 5.60. The van der Waals surface area contributed by atoms with Gasteiger partial charge in [0, 0.05) is 20.0 Å². The summed E-state index contributed by atoms with van der Waals surface area (Å²) in [5.41, 5.74) is 0. The van der Waals surface area contributed by atoms with E-state index in [2.05, 4.69) is 18.4 Å². The first-order valence-corrected chi connectivity index (χ1v) is 20.7. The third kappa shape index (κ3) is 33.0. The van der Waals surface area contributed by atoms with Crippen LogP contribution in [0, 0.1) is 0 Å². The van der Waals surface area contributed by atoms with Gasteiger partial charge in [-0.3, -0.25) is 18.6 Å². The summed E-state index contributed by atoms with van der Waals surface area (Å²) in [6.45, 7) is 3.89. The molecule has 2 atom stereocenters. The summed E-state index contributed by atoms with van der Waals surface area (Å²) in [5.74, 6) is -0.792. The van der Waals surface area contributed by atoms with Gasteiger partial charge in [-0.15, -0.1) is 0 Å². The van der Waals surface area contributed by atoms with Crippen LogP contribution in [0.1, 0.15) is 200 Å². The molecule has 2 unspecified atom stereocenters. The van der Waals surface area contributed by atoms with Gasteiger partial charge in [-0.25, -0.2) is 4.57 Å². The second kappa shape index (κ2) is 33.9. The van der Waals surface area contributed by atoms with Crippen LogP contribution in [0.4, 0.5) is 0 Å². The van der Waals surface area contributed by atoms with E-state index in [1.54, 1.807) is 0 Å². The van der Waals surface area contributed by atoms with Gasteiger partial charge in [0.1, 0.15) is 6.61 Å². The smallest absolute Gasteiger partial charge is 0.462 e. The number of hydrogen-bond donors (Lipinski definition) is 1. The highest BCUT2D eigenvalue weighted by molar-refractivity contribution is 7.47. The molecule has 0 heterocycles. The number of esters is 2. The fraction of sp³-hybridized carbons (Fsp3) is 0.946. The van der Waals surface area contributed by atoms with Gasteiger partial charge in [0.2, 0.25) is 0 Å². The van der Waals surface area contributed by atoms with Crippen molar-refractivity contribution in [2.45, 2.75) is 206 Å².